The number of ether oxygens (including phenoxy) is 2. The molecule has 0 aromatic rings. The number of rotatable bonds is 12. The van der Waals surface area contributed by atoms with Gasteiger partial charge in [-0.2, -0.15) is 0 Å². The zero-order valence-corrected chi connectivity index (χ0v) is 17.4. The third-order valence-corrected chi connectivity index (χ3v) is 5.63. The lowest BCUT2D eigenvalue weighted by Crippen LogP contribution is -2.26. The van der Waals surface area contributed by atoms with Gasteiger partial charge in [0.2, 0.25) is 0 Å². The first-order valence-corrected chi connectivity index (χ1v) is 10.8. The molecule has 0 aromatic heterocycles. The number of unbranched alkanes of at least 4 members (excludes halogenated alkanes) is 5. The number of carboxylic acid groups (broad SMARTS) is 1. The van der Waals surface area contributed by atoms with Crippen molar-refractivity contribution in [2.75, 3.05) is 0 Å². The van der Waals surface area contributed by atoms with Gasteiger partial charge in [-0.05, 0) is 58.3 Å². The van der Waals surface area contributed by atoms with Crippen molar-refractivity contribution in [2.24, 2.45) is 11.8 Å². The monoisotopic (exact) mass is 378 g/mol. The van der Waals surface area contributed by atoms with E-state index in [1.54, 1.807) is 0 Å². The van der Waals surface area contributed by atoms with E-state index in [2.05, 4.69) is 31.2 Å². The molecule has 2 rings (SSSR count). The van der Waals surface area contributed by atoms with Gasteiger partial charge in [-0.1, -0.05) is 50.5 Å². The van der Waals surface area contributed by atoms with Crippen LogP contribution in [0.5, 0.6) is 0 Å². The highest BCUT2D eigenvalue weighted by atomic mass is 16.8. The van der Waals surface area contributed by atoms with Crippen LogP contribution >= 0.6 is 0 Å². The number of carboxylic acids is 1. The zero-order chi connectivity index (χ0) is 19.7. The Kier molecular flexibility index (Phi) is 9.04. The molecular weight excluding hydrogens is 340 g/mol. The van der Waals surface area contributed by atoms with Crippen molar-refractivity contribution in [3.8, 4) is 0 Å². The third-order valence-electron chi connectivity index (χ3n) is 5.63. The van der Waals surface area contributed by atoms with Crippen molar-refractivity contribution < 1.29 is 19.4 Å². The highest BCUT2D eigenvalue weighted by Crippen LogP contribution is 2.46. The van der Waals surface area contributed by atoms with Gasteiger partial charge >= 0.3 is 5.97 Å². The fraction of sp³-hybridized carbons (Fsp3) is 0.783. The van der Waals surface area contributed by atoms with E-state index in [0.717, 1.165) is 25.7 Å². The minimum Gasteiger partial charge on any atom is -0.481 e. The van der Waals surface area contributed by atoms with Crippen LogP contribution in [0.4, 0.5) is 0 Å². The quantitative estimate of drug-likeness (QED) is 0.341. The average molecular weight is 379 g/mol. The summed E-state index contributed by atoms with van der Waals surface area (Å²) in [5, 5.41) is 8.70. The lowest BCUT2D eigenvalue weighted by molar-refractivity contribution is -0.157. The second kappa shape index (κ2) is 11.0. The minimum absolute atomic E-state index is 0.164. The number of carbonyl (C=O) groups is 1. The van der Waals surface area contributed by atoms with E-state index in [1.807, 2.05) is 13.8 Å². The summed E-state index contributed by atoms with van der Waals surface area (Å²) >= 11 is 0. The van der Waals surface area contributed by atoms with Crippen LogP contribution in [0.2, 0.25) is 0 Å². The molecule has 2 fully saturated rings. The summed E-state index contributed by atoms with van der Waals surface area (Å²) in [6.45, 7) is 6.26. The Morgan fingerprint density at radius 1 is 1.07 bits per heavy atom. The second-order valence-corrected chi connectivity index (χ2v) is 8.48. The van der Waals surface area contributed by atoms with Crippen molar-refractivity contribution in [3.63, 3.8) is 0 Å². The molecule has 1 aliphatic carbocycles. The highest BCUT2D eigenvalue weighted by molar-refractivity contribution is 5.66. The van der Waals surface area contributed by atoms with E-state index in [0.29, 0.717) is 18.3 Å². The van der Waals surface area contributed by atoms with Gasteiger partial charge in [-0.15, -0.1) is 0 Å². The van der Waals surface area contributed by atoms with E-state index in [4.69, 9.17) is 14.6 Å². The van der Waals surface area contributed by atoms with Crippen LogP contribution in [0.25, 0.3) is 0 Å². The first-order chi connectivity index (χ1) is 12.9. The van der Waals surface area contributed by atoms with Gasteiger partial charge in [0.05, 0.1) is 12.2 Å². The molecule has 1 saturated heterocycles. The van der Waals surface area contributed by atoms with Crippen molar-refractivity contribution >= 4 is 5.97 Å². The summed E-state index contributed by atoms with van der Waals surface area (Å²) in [4.78, 5) is 10.6. The van der Waals surface area contributed by atoms with E-state index in [9.17, 15) is 4.79 Å². The first-order valence-electron chi connectivity index (χ1n) is 10.8. The number of hydrogen-bond acceptors (Lipinski definition) is 3. The molecule has 0 amide bonds. The van der Waals surface area contributed by atoms with Gasteiger partial charge in [0, 0.05) is 12.3 Å². The summed E-state index contributed by atoms with van der Waals surface area (Å²) in [7, 11) is 0. The van der Waals surface area contributed by atoms with Gasteiger partial charge in [0.1, 0.15) is 0 Å². The van der Waals surface area contributed by atoms with E-state index in [-0.39, 0.29) is 18.6 Å². The first kappa shape index (κ1) is 22.2. The van der Waals surface area contributed by atoms with Gasteiger partial charge in [-0.3, -0.25) is 4.79 Å². The van der Waals surface area contributed by atoms with Crippen LogP contribution in [-0.2, 0) is 14.3 Å². The fourth-order valence-electron chi connectivity index (χ4n) is 4.32. The van der Waals surface area contributed by atoms with Crippen molar-refractivity contribution in [2.45, 2.75) is 103 Å². The van der Waals surface area contributed by atoms with Gasteiger partial charge in [0.25, 0.3) is 0 Å². The normalized spacial score (nSPS) is 29.7. The Bertz CT molecular complexity index is 509. The van der Waals surface area contributed by atoms with Crippen LogP contribution in [0.3, 0.4) is 0 Å². The van der Waals surface area contributed by atoms with Crippen molar-refractivity contribution in [3.05, 3.63) is 24.3 Å². The molecule has 0 bridgehead atoms. The molecule has 4 heteroatoms. The Balaban J connectivity index is 1.85. The summed E-state index contributed by atoms with van der Waals surface area (Å²) < 4.78 is 12.3. The molecule has 0 spiro atoms. The van der Waals surface area contributed by atoms with Crippen molar-refractivity contribution in [1.29, 1.82) is 0 Å². The van der Waals surface area contributed by atoms with Crippen LogP contribution in [-0.4, -0.2) is 29.1 Å². The smallest absolute Gasteiger partial charge is 0.303 e. The van der Waals surface area contributed by atoms with Gasteiger partial charge in [-0.25, -0.2) is 0 Å². The number of allylic oxidation sites excluding steroid dienone is 3. The highest BCUT2D eigenvalue weighted by Gasteiger charge is 2.51. The Hall–Kier alpha value is -1.13. The van der Waals surface area contributed by atoms with Crippen LogP contribution in [0.15, 0.2) is 24.3 Å². The molecule has 27 heavy (non-hydrogen) atoms. The predicted molar refractivity (Wildman–Crippen MR) is 109 cm³/mol. The zero-order valence-electron chi connectivity index (χ0n) is 17.4. The lowest BCUT2D eigenvalue weighted by Gasteiger charge is -2.24. The van der Waals surface area contributed by atoms with E-state index >= 15 is 0 Å². The average Bonchev–Trinajstić information content (AvgIpc) is 3.05. The number of fused-ring (bicyclic) bond motifs is 1. The molecular formula is C23H38O4. The lowest BCUT2D eigenvalue weighted by atomic mass is 9.90. The summed E-state index contributed by atoms with van der Waals surface area (Å²) in [5.74, 6) is -0.237. The molecule has 154 valence electrons. The minimum atomic E-state index is -0.715. The van der Waals surface area contributed by atoms with Gasteiger partial charge in [0.15, 0.2) is 5.79 Å². The Morgan fingerprint density at radius 2 is 1.85 bits per heavy atom. The maximum Gasteiger partial charge on any atom is 0.303 e. The molecule has 1 N–H and O–H groups in total. The van der Waals surface area contributed by atoms with Crippen molar-refractivity contribution in [1.82, 2.24) is 0 Å². The van der Waals surface area contributed by atoms with Crippen LogP contribution in [0, 0.1) is 11.8 Å². The van der Waals surface area contributed by atoms with E-state index in [1.165, 1.54) is 25.7 Å². The largest absolute Gasteiger partial charge is 0.481 e. The SMILES string of the molecule is CCCCCCC=C[C@@H]1[C@@H](CC=CCCCC(=O)O)C[C@H]2OC(C)(C)O[C@@H]12. The number of hydrogen-bond donors (Lipinski definition) is 1. The molecule has 1 saturated carbocycles. The molecule has 2 aliphatic rings. The van der Waals surface area contributed by atoms with Crippen LogP contribution < -0.4 is 0 Å². The Labute approximate surface area is 165 Å². The Morgan fingerprint density at radius 3 is 2.59 bits per heavy atom. The predicted octanol–water partition coefficient (Wildman–Crippen LogP) is 5.87. The standard InChI is InChI=1S/C23H38O4/c1-4-5-6-7-8-12-15-19-18(14-11-9-10-13-16-21(24)25)17-20-22(19)27-23(2,3)26-20/h9,11-12,15,18-20,22H,4-8,10,13-14,16-17H2,1-3H3,(H,24,25)/t18-,19+,20+,22-/m0/s1. The van der Waals surface area contributed by atoms with Crippen LogP contribution in [0.1, 0.15) is 85.0 Å². The fourth-order valence-corrected chi connectivity index (χ4v) is 4.32. The molecule has 0 radical (unpaired) electrons. The number of aliphatic carboxylic acids is 1. The molecule has 0 aromatic carbocycles. The molecule has 0 unspecified atom stereocenters. The molecule has 1 heterocycles. The van der Waals surface area contributed by atoms with E-state index < -0.39 is 11.8 Å². The third kappa shape index (κ3) is 7.42. The topological polar surface area (TPSA) is 55.8 Å². The maximum absolute atomic E-state index is 10.6. The summed E-state index contributed by atoms with van der Waals surface area (Å²) in [5.41, 5.74) is 0. The molecule has 4 atom stereocenters. The maximum atomic E-state index is 10.6. The molecule has 1 aliphatic heterocycles. The van der Waals surface area contributed by atoms with Gasteiger partial charge < -0.3 is 14.6 Å². The second-order valence-electron chi connectivity index (χ2n) is 8.48. The molecule has 4 nitrogen and oxygen atoms in total. The summed E-state index contributed by atoms with van der Waals surface area (Å²) in [6, 6.07) is 0. The summed E-state index contributed by atoms with van der Waals surface area (Å²) in [6.07, 6.45) is 19.6.